The molecule has 7 aromatic rings. The summed E-state index contributed by atoms with van der Waals surface area (Å²) in [6.07, 6.45) is 6.16. The first kappa shape index (κ1) is 51.8. The standard InChI is InChI=1S/C58H61N11O8S/c1-33(2)54(58(73)68-31-42(70)23-48(68)56(59)72)51-27-53(66-77-51)74-21-7-8-38-15-18-43(28-61-38)75-44-24-45(25-44)76-52-22-39(19-20-60-52)69-40-16-17-41(69)30-67(29-40)49-26-47(46-9-5-6-10-50(46)71)64-65-57(49)63-34(3)36-11-13-37(14-12-36)55-35(4)62-32-78-55/h5-6,9-15,18-20,22,26-28,32-34,40-42,44-45,48,54,70-71H,16-17,21,23-25,29-31H2,1-4H3,(H2,59,72)(H,63,65)/t34-,40+,41+,42?,44?,45?,48?,54?/m0/s1. The Morgan fingerprint density at radius 3 is 2.40 bits per heavy atom. The van der Waals surface area contributed by atoms with Gasteiger partial charge in [0.15, 0.2) is 18.2 Å². The van der Waals surface area contributed by atoms with Crippen LogP contribution in [0, 0.1) is 24.7 Å². The number of carbonyl (C=O) groups excluding carboxylic acids is 2. The lowest BCUT2D eigenvalue weighted by Gasteiger charge is -2.44. The quantitative estimate of drug-likeness (QED) is 0.0639. The van der Waals surface area contributed by atoms with E-state index in [4.69, 9.17) is 29.6 Å². The summed E-state index contributed by atoms with van der Waals surface area (Å²) in [6, 6.07) is 26.7. The van der Waals surface area contributed by atoms with Crippen molar-refractivity contribution < 1.29 is 38.5 Å². The van der Waals surface area contributed by atoms with Gasteiger partial charge in [-0.05, 0) is 91.2 Å². The van der Waals surface area contributed by atoms with E-state index in [1.54, 1.807) is 35.7 Å². The highest BCUT2D eigenvalue weighted by molar-refractivity contribution is 7.13. The fourth-order valence-electron chi connectivity index (χ4n) is 11.0. The second-order valence-corrected chi connectivity index (χ2v) is 21.6. The Labute approximate surface area is 455 Å². The van der Waals surface area contributed by atoms with E-state index >= 15 is 0 Å². The van der Waals surface area contributed by atoms with Crippen LogP contribution in [-0.4, -0.2) is 120 Å². The van der Waals surface area contributed by atoms with Gasteiger partial charge in [0.05, 0.1) is 45.8 Å². The van der Waals surface area contributed by atoms with Gasteiger partial charge in [-0.2, -0.15) is 0 Å². The molecule has 5 aromatic heterocycles. The number of carbonyl (C=O) groups is 2. The number of benzene rings is 2. The van der Waals surface area contributed by atoms with Crippen molar-refractivity contribution in [2.45, 2.75) is 108 Å². The minimum Gasteiger partial charge on any atom is -0.507 e. The molecule has 3 saturated heterocycles. The van der Waals surface area contributed by atoms with Crippen molar-refractivity contribution in [3.05, 3.63) is 126 Å². The number of hydrogen-bond acceptors (Lipinski definition) is 18. The molecule has 5 N–H and O–H groups in total. The number of hydrogen-bond donors (Lipinski definition) is 4. The van der Waals surface area contributed by atoms with E-state index in [9.17, 15) is 19.8 Å². The van der Waals surface area contributed by atoms with E-state index in [0.29, 0.717) is 47.2 Å². The van der Waals surface area contributed by atoms with Gasteiger partial charge in [0.25, 0.3) is 5.88 Å². The Hall–Kier alpha value is -8.28. The number of thiazole rings is 1. The zero-order valence-corrected chi connectivity index (χ0v) is 44.5. The molecule has 1 aliphatic carbocycles. The summed E-state index contributed by atoms with van der Waals surface area (Å²) < 4.78 is 23.8. The van der Waals surface area contributed by atoms with E-state index in [1.807, 2.05) is 50.7 Å². The van der Waals surface area contributed by atoms with Crippen molar-refractivity contribution in [3.8, 4) is 56.8 Å². The number of rotatable bonds is 17. The molecule has 2 amide bonds. The lowest BCUT2D eigenvalue weighted by molar-refractivity contribution is -0.139. The first-order chi connectivity index (χ1) is 37.8. The maximum absolute atomic E-state index is 13.5. The van der Waals surface area contributed by atoms with Crippen molar-refractivity contribution >= 4 is 40.3 Å². The molecular weight excluding hydrogens is 1010 g/mol. The Balaban J connectivity index is 0.672. The Morgan fingerprint density at radius 1 is 0.897 bits per heavy atom. The van der Waals surface area contributed by atoms with Crippen LogP contribution in [0.1, 0.15) is 87.5 Å². The molecule has 402 valence electrons. The normalized spacial score (nSPS) is 21.3. The number of aryl methyl sites for hydroxylation is 1. The number of phenols is 1. The molecule has 0 spiro atoms. The number of para-hydroxylation sites is 1. The molecule has 2 aromatic carbocycles. The van der Waals surface area contributed by atoms with Gasteiger partial charge < -0.3 is 54.7 Å². The van der Waals surface area contributed by atoms with Crippen LogP contribution in [0.2, 0.25) is 0 Å². The van der Waals surface area contributed by atoms with Crippen LogP contribution in [0.15, 0.2) is 107 Å². The summed E-state index contributed by atoms with van der Waals surface area (Å²) in [5, 5.41) is 38.0. The van der Waals surface area contributed by atoms with Crippen LogP contribution >= 0.6 is 11.3 Å². The molecule has 8 heterocycles. The summed E-state index contributed by atoms with van der Waals surface area (Å²) in [4.78, 5) is 46.4. The molecule has 20 heteroatoms. The number of phenolic OH excluding ortho intramolecular Hbond substituents is 1. The monoisotopic (exact) mass is 1070 g/mol. The first-order valence-electron chi connectivity index (χ1n) is 26.4. The summed E-state index contributed by atoms with van der Waals surface area (Å²) in [5.41, 5.74) is 14.5. The first-order valence-corrected chi connectivity index (χ1v) is 27.3. The van der Waals surface area contributed by atoms with E-state index in [1.165, 1.54) is 15.8 Å². The minimum atomic E-state index is -0.885. The van der Waals surface area contributed by atoms with Crippen LogP contribution in [0.4, 0.5) is 17.2 Å². The lowest BCUT2D eigenvalue weighted by Crippen LogP contribution is -2.54. The maximum atomic E-state index is 13.5. The number of amides is 2. The van der Waals surface area contributed by atoms with Crippen LogP contribution < -0.4 is 35.1 Å². The molecule has 3 unspecified atom stereocenters. The van der Waals surface area contributed by atoms with Gasteiger partial charge in [0.2, 0.25) is 17.7 Å². The van der Waals surface area contributed by atoms with Gasteiger partial charge in [-0.3, -0.25) is 9.59 Å². The van der Waals surface area contributed by atoms with Crippen LogP contribution in [0.25, 0.3) is 21.7 Å². The number of nitrogens with two attached hydrogens (primary N) is 1. The number of aromatic hydroxyl groups is 1. The Morgan fingerprint density at radius 2 is 1.68 bits per heavy atom. The number of anilines is 3. The zero-order chi connectivity index (χ0) is 54.0. The molecule has 19 nitrogen and oxygen atoms in total. The third-order valence-corrected chi connectivity index (χ3v) is 16.1. The third kappa shape index (κ3) is 11.1. The summed E-state index contributed by atoms with van der Waals surface area (Å²) in [6.45, 7) is 9.44. The van der Waals surface area contributed by atoms with Gasteiger partial charge in [-0.1, -0.05) is 56.2 Å². The molecule has 0 radical (unpaired) electrons. The van der Waals surface area contributed by atoms with Crippen molar-refractivity contribution in [1.82, 2.24) is 35.2 Å². The van der Waals surface area contributed by atoms with Gasteiger partial charge in [-0.15, -0.1) is 21.5 Å². The van der Waals surface area contributed by atoms with Crippen LogP contribution in [0.3, 0.4) is 0 Å². The number of nitrogens with one attached hydrogen (secondary N) is 1. The highest BCUT2D eigenvalue weighted by atomic mass is 32.1. The maximum Gasteiger partial charge on any atom is 0.255 e. The number of ether oxygens (including phenoxy) is 3. The number of primary amides is 1. The molecule has 11 rings (SSSR count). The third-order valence-electron chi connectivity index (χ3n) is 15.1. The highest BCUT2D eigenvalue weighted by Gasteiger charge is 2.44. The molecule has 1 saturated carbocycles. The van der Waals surface area contributed by atoms with E-state index in [2.05, 4.69) is 102 Å². The van der Waals surface area contributed by atoms with Crippen molar-refractivity contribution in [1.29, 1.82) is 0 Å². The lowest BCUT2D eigenvalue weighted by atomic mass is 9.91. The molecule has 6 atom stereocenters. The Bertz CT molecular complexity index is 3320. The second-order valence-electron chi connectivity index (χ2n) is 20.8. The molecule has 4 fully saturated rings. The van der Waals surface area contributed by atoms with E-state index < -0.39 is 24.0 Å². The smallest absolute Gasteiger partial charge is 0.255 e. The predicted molar refractivity (Wildman–Crippen MR) is 293 cm³/mol. The largest absolute Gasteiger partial charge is 0.507 e. The number of likely N-dealkylation sites (tertiary alicyclic amines) is 1. The van der Waals surface area contributed by atoms with Gasteiger partial charge in [-0.25, -0.2) is 15.0 Å². The van der Waals surface area contributed by atoms with Crippen molar-refractivity contribution in [2.75, 3.05) is 41.4 Å². The number of β-amino-alcohol motifs (C(OH)–C–C–N with tert-alkyl or cyclic N) is 1. The van der Waals surface area contributed by atoms with Crippen molar-refractivity contribution in [3.63, 3.8) is 0 Å². The number of piperazine rings is 1. The van der Waals surface area contributed by atoms with Crippen LogP contribution in [0.5, 0.6) is 23.3 Å². The Kier molecular flexibility index (Phi) is 14.9. The molecule has 78 heavy (non-hydrogen) atoms. The number of pyridine rings is 2. The number of fused-ring (bicyclic) bond motifs is 2. The van der Waals surface area contributed by atoms with Crippen molar-refractivity contribution in [2.24, 2.45) is 11.7 Å². The minimum absolute atomic E-state index is 0.00790. The molecule has 2 bridgehead atoms. The summed E-state index contributed by atoms with van der Waals surface area (Å²) in [7, 11) is 0. The second kappa shape index (κ2) is 22.4. The van der Waals surface area contributed by atoms with Gasteiger partial charge in [0.1, 0.15) is 41.4 Å². The average molecular weight is 1070 g/mol. The average Bonchev–Trinajstić information content (AvgIpc) is 4.30. The summed E-state index contributed by atoms with van der Waals surface area (Å²) >= 11 is 1.65. The van der Waals surface area contributed by atoms with E-state index in [0.717, 1.165) is 54.1 Å². The number of aromatic nitrogens is 6. The van der Waals surface area contributed by atoms with E-state index in [-0.39, 0.29) is 79.1 Å². The van der Waals surface area contributed by atoms with Crippen LogP contribution in [-0.2, 0) is 9.59 Å². The highest BCUT2D eigenvalue weighted by Crippen LogP contribution is 2.42. The molecule has 3 aliphatic heterocycles. The fraction of sp³-hybridized carbons (Fsp3) is 0.379. The predicted octanol–water partition coefficient (Wildman–Crippen LogP) is 7.70. The molecule has 4 aliphatic rings. The zero-order valence-electron chi connectivity index (χ0n) is 43.7. The van der Waals surface area contributed by atoms with Gasteiger partial charge in [0, 0.05) is 80.6 Å². The number of aliphatic hydroxyl groups excluding tert-OH is 1. The fourth-order valence-corrected chi connectivity index (χ4v) is 11.9. The summed E-state index contributed by atoms with van der Waals surface area (Å²) in [5.74, 6) is 6.43. The number of nitrogens with zero attached hydrogens (tertiary/aromatic N) is 9. The molecular formula is C58H61N11O8S. The SMILES string of the molecule is Cc1ncsc1-c1ccc([C@H](C)Nc2nnc(-c3ccccc3O)cc2N2C[C@H]3CC[C@H](C2)N3c2ccnc(OC3CC(Oc4ccc(C#CCOc5cc(C(C(=O)N6CC(O)CC6C(N)=O)C(C)C)on5)nc4)C3)c2)cc1. The van der Waals surface area contributed by atoms with Gasteiger partial charge >= 0.3 is 0 Å². The topological polar surface area (TPSA) is 241 Å². The number of aliphatic hydroxyl groups is 1.